The third-order valence-electron chi connectivity index (χ3n) is 14.3. The highest BCUT2D eigenvalue weighted by molar-refractivity contribution is 5.32. The van der Waals surface area contributed by atoms with Gasteiger partial charge < -0.3 is 23.7 Å². The van der Waals surface area contributed by atoms with E-state index in [0.717, 1.165) is 81.0 Å². The minimum absolute atomic E-state index is 0. The zero-order valence-corrected chi connectivity index (χ0v) is 54.9. The molecule has 0 aliphatic rings. The van der Waals surface area contributed by atoms with Gasteiger partial charge in [0, 0.05) is 0 Å². The molecule has 0 radical (unpaired) electrons. The molecule has 5 heteroatoms. The van der Waals surface area contributed by atoms with Gasteiger partial charge in [-0.3, -0.25) is 0 Å². The maximum Gasteiger partial charge on any atom is 0.119 e. The Morgan fingerprint density at radius 3 is 0.585 bits per heavy atom. The molecule has 0 unspecified atom stereocenters. The maximum absolute atomic E-state index is 5.81. The number of benzene rings is 5. The summed E-state index contributed by atoms with van der Waals surface area (Å²) in [6.45, 7) is 37.3. The quantitative estimate of drug-likeness (QED) is 0.0374. The largest absolute Gasteiger partial charge is 0.494 e. The summed E-state index contributed by atoms with van der Waals surface area (Å²) in [5.41, 5.74) is 6.86. The highest BCUT2D eigenvalue weighted by atomic mass is 16.5. The van der Waals surface area contributed by atoms with E-state index < -0.39 is 0 Å². The number of unbranched alkanes of at least 4 members (excludes halogenated alkanes) is 16. The first-order chi connectivity index (χ1) is 39.2. The zero-order valence-electron chi connectivity index (χ0n) is 54.9. The van der Waals surface area contributed by atoms with Crippen LogP contribution in [0.4, 0.5) is 0 Å². The van der Waals surface area contributed by atoms with E-state index in [0.29, 0.717) is 29.6 Å². The minimum Gasteiger partial charge on any atom is -0.494 e. The Morgan fingerprint density at radius 1 is 0.207 bits per heavy atom. The molecule has 82 heavy (non-hydrogen) atoms. The molecule has 0 N–H and O–H groups in total. The molecule has 5 nitrogen and oxygen atoms in total. The molecule has 0 saturated carbocycles. The molecule has 0 heterocycles. The number of ether oxygens (including phenoxy) is 5. The number of hydrogen-bond acceptors (Lipinski definition) is 5. The lowest BCUT2D eigenvalue weighted by molar-refractivity contribution is 0.304. The van der Waals surface area contributed by atoms with Gasteiger partial charge in [0.05, 0.1) is 33.0 Å². The van der Waals surface area contributed by atoms with Crippen LogP contribution in [0.15, 0.2) is 121 Å². The SMILES string of the molecule is C.CCCCCCCCCCCCOc1ccc(C(C)C)cc1.CCCCCCCOc1ccc(C(C)C)cc1.CCCCCOc1ccc(C(C)C)cc1.CCCCOc1ccc(C(C)C)cc1.CCCOc1ccc(C(C)C)cc1. The van der Waals surface area contributed by atoms with Gasteiger partial charge in [-0.15, -0.1) is 0 Å². The summed E-state index contributed by atoms with van der Waals surface area (Å²) in [5.74, 6) is 7.96. The molecule has 5 aromatic carbocycles. The summed E-state index contributed by atoms with van der Waals surface area (Å²) < 4.78 is 28.2. The van der Waals surface area contributed by atoms with Gasteiger partial charge >= 0.3 is 0 Å². The minimum atomic E-state index is 0. The van der Waals surface area contributed by atoms with Crippen LogP contribution in [0, 0.1) is 0 Å². The van der Waals surface area contributed by atoms with Crippen molar-refractivity contribution in [3.63, 3.8) is 0 Å². The molecular formula is C77H126O5. The van der Waals surface area contributed by atoms with Crippen molar-refractivity contribution in [3.05, 3.63) is 149 Å². The van der Waals surface area contributed by atoms with Crippen molar-refractivity contribution in [3.8, 4) is 28.7 Å². The van der Waals surface area contributed by atoms with Gasteiger partial charge in [0.1, 0.15) is 28.7 Å². The third-order valence-corrected chi connectivity index (χ3v) is 14.3. The van der Waals surface area contributed by atoms with Gasteiger partial charge in [0.2, 0.25) is 0 Å². The normalized spacial score (nSPS) is 10.6. The van der Waals surface area contributed by atoms with Crippen LogP contribution in [0.1, 0.15) is 304 Å². The molecule has 0 spiro atoms. The van der Waals surface area contributed by atoms with Gasteiger partial charge in [-0.2, -0.15) is 0 Å². The first-order valence-corrected chi connectivity index (χ1v) is 32.8. The van der Waals surface area contributed by atoms with E-state index in [1.807, 2.05) is 12.1 Å². The predicted molar refractivity (Wildman–Crippen MR) is 362 cm³/mol. The van der Waals surface area contributed by atoms with Gasteiger partial charge in [-0.25, -0.2) is 0 Å². The first-order valence-electron chi connectivity index (χ1n) is 32.8. The monoisotopic (exact) mass is 1130 g/mol. The molecule has 0 bridgehead atoms. The lowest BCUT2D eigenvalue weighted by Crippen LogP contribution is -1.97. The Labute approximate surface area is 507 Å². The molecule has 0 atom stereocenters. The number of hydrogen-bond donors (Lipinski definition) is 0. The van der Waals surface area contributed by atoms with Crippen molar-refractivity contribution in [2.24, 2.45) is 0 Å². The molecule has 0 aliphatic heterocycles. The van der Waals surface area contributed by atoms with E-state index >= 15 is 0 Å². The number of rotatable bonds is 36. The predicted octanol–water partition coefficient (Wildman–Crippen LogP) is 24.9. The summed E-state index contributed by atoms with van der Waals surface area (Å²) >= 11 is 0. The molecule has 464 valence electrons. The zero-order chi connectivity index (χ0) is 59.7. The molecule has 0 aromatic heterocycles. The second-order valence-electron chi connectivity index (χ2n) is 23.5. The fraction of sp³-hybridized carbons (Fsp3) is 0.610. The van der Waals surface area contributed by atoms with Crippen LogP contribution in [0.5, 0.6) is 28.7 Å². The van der Waals surface area contributed by atoms with Gasteiger partial charge in [-0.1, -0.05) is 275 Å². The highest BCUT2D eigenvalue weighted by Crippen LogP contribution is 2.23. The van der Waals surface area contributed by atoms with Crippen LogP contribution in [0.3, 0.4) is 0 Å². The molecular weight excluding hydrogens is 1000 g/mol. The standard InChI is InChI=1S/C21H36O.C16H26O.C14H22O.C13H20O.C12H18O.CH4/c1-4-5-6-7-8-9-10-11-12-13-18-22-21-16-14-20(15-17-21)19(2)3;1-4-5-6-7-8-13-17-16-11-9-15(10-12-16)14(2)3;1-4-5-6-11-15-14-9-7-13(8-10-14)12(2)3;1-4-5-10-14-13-8-6-12(7-9-13)11(2)3;1-4-9-13-12-7-5-11(6-8-12)10(2)3;/h14-17,19H,4-13,18H2,1-3H3;9-12,14H,4-8,13H2,1-3H3;7-10,12H,4-6,11H2,1-3H3;6-9,11H,4-5,10H2,1-3H3;5-8,10H,4,9H2,1-3H3;1H4. The van der Waals surface area contributed by atoms with Crippen molar-refractivity contribution in [2.75, 3.05) is 33.0 Å². The highest BCUT2D eigenvalue weighted by Gasteiger charge is 2.04. The van der Waals surface area contributed by atoms with E-state index in [1.165, 1.54) is 143 Å². The van der Waals surface area contributed by atoms with Crippen molar-refractivity contribution < 1.29 is 23.7 Å². The van der Waals surface area contributed by atoms with E-state index in [1.54, 1.807) is 0 Å². The topological polar surface area (TPSA) is 46.2 Å². The van der Waals surface area contributed by atoms with Crippen molar-refractivity contribution in [1.82, 2.24) is 0 Å². The fourth-order valence-electron chi connectivity index (χ4n) is 8.52. The Hall–Kier alpha value is -4.90. The summed E-state index contributed by atoms with van der Waals surface area (Å²) in [7, 11) is 0. The summed E-state index contributed by atoms with van der Waals surface area (Å²) in [6.07, 6.45) is 27.2. The summed E-state index contributed by atoms with van der Waals surface area (Å²) in [6, 6.07) is 42.3. The summed E-state index contributed by atoms with van der Waals surface area (Å²) in [5, 5.41) is 0. The van der Waals surface area contributed by atoms with Crippen LogP contribution >= 0.6 is 0 Å². The van der Waals surface area contributed by atoms with E-state index in [-0.39, 0.29) is 7.43 Å². The second-order valence-corrected chi connectivity index (χ2v) is 23.5. The van der Waals surface area contributed by atoms with Crippen LogP contribution in [0.25, 0.3) is 0 Å². The molecule has 0 fully saturated rings. The van der Waals surface area contributed by atoms with E-state index in [9.17, 15) is 0 Å². The molecule has 5 aromatic rings. The van der Waals surface area contributed by atoms with E-state index in [4.69, 9.17) is 23.7 Å². The molecule has 0 saturated heterocycles. The van der Waals surface area contributed by atoms with Crippen molar-refractivity contribution in [1.29, 1.82) is 0 Å². The fourth-order valence-corrected chi connectivity index (χ4v) is 8.52. The van der Waals surface area contributed by atoms with Crippen LogP contribution < -0.4 is 23.7 Å². The van der Waals surface area contributed by atoms with E-state index in [2.05, 4.69) is 213 Å². The Bertz CT molecular complexity index is 2100. The third kappa shape index (κ3) is 40.3. The Balaban J connectivity index is 0.00000101. The molecule has 0 amide bonds. The average Bonchev–Trinajstić information content (AvgIpc) is 3.50. The van der Waals surface area contributed by atoms with Crippen LogP contribution in [0.2, 0.25) is 0 Å². The average molecular weight is 1130 g/mol. The van der Waals surface area contributed by atoms with Crippen molar-refractivity contribution in [2.45, 2.75) is 276 Å². The lowest BCUT2D eigenvalue weighted by Gasteiger charge is -2.09. The molecule has 5 rings (SSSR count). The van der Waals surface area contributed by atoms with Crippen molar-refractivity contribution >= 4 is 0 Å². The maximum atomic E-state index is 5.81. The smallest absolute Gasteiger partial charge is 0.119 e. The van der Waals surface area contributed by atoms with Gasteiger partial charge in [0.15, 0.2) is 0 Å². The first kappa shape index (κ1) is 77.1. The lowest BCUT2D eigenvalue weighted by atomic mass is 10.0. The summed E-state index contributed by atoms with van der Waals surface area (Å²) in [4.78, 5) is 0. The molecule has 0 aliphatic carbocycles. The van der Waals surface area contributed by atoms with Crippen LogP contribution in [-0.2, 0) is 0 Å². The van der Waals surface area contributed by atoms with Crippen LogP contribution in [-0.4, -0.2) is 33.0 Å². The second kappa shape index (κ2) is 51.7. The van der Waals surface area contributed by atoms with Gasteiger partial charge in [0.25, 0.3) is 0 Å². The van der Waals surface area contributed by atoms with Gasteiger partial charge in [-0.05, 0) is 150 Å². The Morgan fingerprint density at radius 2 is 0.378 bits per heavy atom. The Kier molecular flexibility index (Phi) is 48.6.